The van der Waals surface area contributed by atoms with E-state index < -0.39 is 0 Å². The van der Waals surface area contributed by atoms with Gasteiger partial charge in [-0.05, 0) is 37.1 Å². The Morgan fingerprint density at radius 3 is 2.68 bits per heavy atom. The molecule has 1 amide bonds. The van der Waals surface area contributed by atoms with Gasteiger partial charge >= 0.3 is 0 Å². The maximum atomic E-state index is 12.6. The van der Waals surface area contributed by atoms with Crippen LogP contribution in [0.15, 0.2) is 58.5 Å². The first kappa shape index (κ1) is 17.2. The number of aryl methyl sites for hydroxylation is 1. The Bertz CT molecular complexity index is 968. The third-order valence-corrected chi connectivity index (χ3v) is 5.16. The molecule has 1 heterocycles. The number of carbonyl (C=O) groups excluding carboxylic acids is 1. The Labute approximate surface area is 149 Å². The summed E-state index contributed by atoms with van der Waals surface area (Å²) in [5, 5.41) is 3.61. The number of hydrogen-bond acceptors (Lipinski definition) is 4. The summed E-state index contributed by atoms with van der Waals surface area (Å²) in [6.45, 7) is 3.89. The van der Waals surface area contributed by atoms with Crippen LogP contribution in [0.5, 0.6) is 0 Å². The van der Waals surface area contributed by atoms with Crippen LogP contribution in [-0.2, 0) is 4.79 Å². The molecule has 2 aromatic carbocycles. The molecule has 0 bridgehead atoms. The minimum atomic E-state index is -0.344. The molecule has 0 radical (unpaired) electrons. The van der Waals surface area contributed by atoms with Crippen molar-refractivity contribution in [3.63, 3.8) is 0 Å². The molecule has 128 valence electrons. The van der Waals surface area contributed by atoms with Crippen LogP contribution in [0, 0.1) is 6.92 Å². The van der Waals surface area contributed by atoms with Crippen LogP contribution in [0.2, 0.25) is 0 Å². The normalized spacial score (nSPS) is 12.1. The largest absolute Gasteiger partial charge is 0.325 e. The van der Waals surface area contributed by atoms with Crippen molar-refractivity contribution in [2.45, 2.75) is 30.7 Å². The topological polar surface area (TPSA) is 74.8 Å². The van der Waals surface area contributed by atoms with Gasteiger partial charge in [0.15, 0.2) is 5.16 Å². The second-order valence-electron chi connectivity index (χ2n) is 5.71. The van der Waals surface area contributed by atoms with E-state index in [2.05, 4.69) is 15.3 Å². The van der Waals surface area contributed by atoms with Crippen LogP contribution in [0.3, 0.4) is 0 Å². The lowest BCUT2D eigenvalue weighted by Crippen LogP contribution is -2.25. The SMILES string of the molecule is CCC(Sc1nc2ccccc2c(=O)[nH]1)C(=O)Nc1ccccc1C. The number of aromatic nitrogens is 2. The van der Waals surface area contributed by atoms with Crippen molar-refractivity contribution < 1.29 is 4.79 Å². The third kappa shape index (κ3) is 3.91. The number of fused-ring (bicyclic) bond motifs is 1. The zero-order valence-electron chi connectivity index (χ0n) is 14.1. The maximum absolute atomic E-state index is 12.6. The van der Waals surface area contributed by atoms with Crippen LogP contribution in [0.1, 0.15) is 18.9 Å². The number of benzene rings is 2. The van der Waals surface area contributed by atoms with Gasteiger partial charge in [-0.1, -0.05) is 49.0 Å². The summed E-state index contributed by atoms with van der Waals surface area (Å²) < 4.78 is 0. The average molecular weight is 353 g/mol. The summed E-state index contributed by atoms with van der Waals surface area (Å²) in [5.74, 6) is -0.0994. The number of para-hydroxylation sites is 2. The molecule has 1 aromatic heterocycles. The van der Waals surface area contributed by atoms with Gasteiger partial charge < -0.3 is 10.3 Å². The number of H-pyrrole nitrogens is 1. The summed E-state index contributed by atoms with van der Waals surface area (Å²) in [6.07, 6.45) is 0.624. The number of nitrogens with one attached hydrogen (secondary N) is 2. The molecule has 3 aromatic rings. The lowest BCUT2D eigenvalue weighted by atomic mass is 10.2. The van der Waals surface area contributed by atoms with E-state index >= 15 is 0 Å². The predicted molar refractivity (Wildman–Crippen MR) is 102 cm³/mol. The van der Waals surface area contributed by atoms with E-state index in [1.807, 2.05) is 44.2 Å². The van der Waals surface area contributed by atoms with Gasteiger partial charge in [0, 0.05) is 5.69 Å². The molecule has 0 saturated carbocycles. The molecular formula is C19H19N3O2S. The first-order valence-corrected chi connectivity index (χ1v) is 8.98. The van der Waals surface area contributed by atoms with Gasteiger partial charge in [-0.25, -0.2) is 4.98 Å². The highest BCUT2D eigenvalue weighted by Crippen LogP contribution is 2.24. The molecule has 0 aliphatic carbocycles. The Kier molecular flexibility index (Phi) is 5.19. The molecule has 5 nitrogen and oxygen atoms in total. The van der Waals surface area contributed by atoms with Crippen molar-refractivity contribution in [3.05, 3.63) is 64.4 Å². The molecule has 1 atom stereocenters. The van der Waals surface area contributed by atoms with Crippen LogP contribution < -0.4 is 10.9 Å². The van der Waals surface area contributed by atoms with Crippen molar-refractivity contribution in [2.75, 3.05) is 5.32 Å². The minimum absolute atomic E-state index is 0.0994. The molecule has 2 N–H and O–H groups in total. The molecule has 3 rings (SSSR count). The number of aromatic amines is 1. The van der Waals surface area contributed by atoms with Crippen LogP contribution in [0.25, 0.3) is 10.9 Å². The second kappa shape index (κ2) is 7.53. The Hall–Kier alpha value is -2.60. The fourth-order valence-electron chi connectivity index (χ4n) is 2.50. The number of anilines is 1. The van der Waals surface area contributed by atoms with Gasteiger partial charge in [0.25, 0.3) is 5.56 Å². The van der Waals surface area contributed by atoms with Crippen molar-refractivity contribution in [2.24, 2.45) is 0 Å². The van der Waals surface area contributed by atoms with E-state index in [-0.39, 0.29) is 16.7 Å². The smallest absolute Gasteiger partial charge is 0.259 e. The fourth-order valence-corrected chi connectivity index (χ4v) is 3.41. The van der Waals surface area contributed by atoms with Crippen LogP contribution in [-0.4, -0.2) is 21.1 Å². The molecule has 0 spiro atoms. The van der Waals surface area contributed by atoms with Crippen molar-refractivity contribution in [3.8, 4) is 0 Å². The lowest BCUT2D eigenvalue weighted by molar-refractivity contribution is -0.115. The van der Waals surface area contributed by atoms with Gasteiger partial charge in [0.1, 0.15) is 0 Å². The highest BCUT2D eigenvalue weighted by molar-refractivity contribution is 8.00. The van der Waals surface area contributed by atoms with Gasteiger partial charge in [0.2, 0.25) is 5.91 Å². The summed E-state index contributed by atoms with van der Waals surface area (Å²) in [5.41, 5.74) is 2.24. The standard InChI is InChI=1S/C19H19N3O2S/c1-3-16(18(24)20-14-10-6-4-8-12(14)2)25-19-21-15-11-7-5-9-13(15)17(23)22-19/h4-11,16H,3H2,1-2H3,(H,20,24)(H,21,22,23). The average Bonchev–Trinajstić information content (AvgIpc) is 2.61. The van der Waals surface area contributed by atoms with E-state index in [1.54, 1.807) is 18.2 Å². The van der Waals surface area contributed by atoms with Gasteiger partial charge in [0.05, 0.1) is 16.2 Å². The highest BCUT2D eigenvalue weighted by atomic mass is 32.2. The summed E-state index contributed by atoms with van der Waals surface area (Å²) in [6, 6.07) is 14.8. The second-order valence-corrected chi connectivity index (χ2v) is 6.90. The molecule has 0 aliphatic rings. The number of amides is 1. The van der Waals surface area contributed by atoms with Crippen molar-refractivity contribution >= 4 is 34.3 Å². The van der Waals surface area contributed by atoms with Gasteiger partial charge in [-0.3, -0.25) is 9.59 Å². The molecular weight excluding hydrogens is 334 g/mol. The fraction of sp³-hybridized carbons (Fsp3) is 0.211. The number of thioether (sulfide) groups is 1. The van der Waals surface area contributed by atoms with Crippen LogP contribution in [0.4, 0.5) is 5.69 Å². The third-order valence-electron chi connectivity index (χ3n) is 3.91. The monoisotopic (exact) mass is 353 g/mol. The number of nitrogens with zero attached hydrogens (tertiary/aromatic N) is 1. The first-order chi connectivity index (χ1) is 12.1. The molecule has 0 fully saturated rings. The number of hydrogen-bond donors (Lipinski definition) is 2. The van der Waals surface area contributed by atoms with E-state index in [9.17, 15) is 9.59 Å². The molecule has 6 heteroatoms. The lowest BCUT2D eigenvalue weighted by Gasteiger charge is -2.15. The minimum Gasteiger partial charge on any atom is -0.325 e. The van der Waals surface area contributed by atoms with E-state index in [1.165, 1.54) is 11.8 Å². The number of rotatable bonds is 5. The molecule has 1 unspecified atom stereocenters. The highest BCUT2D eigenvalue weighted by Gasteiger charge is 2.20. The van der Waals surface area contributed by atoms with E-state index in [0.717, 1.165) is 11.3 Å². The number of carbonyl (C=O) groups is 1. The molecule has 0 saturated heterocycles. The van der Waals surface area contributed by atoms with Crippen molar-refractivity contribution in [1.29, 1.82) is 0 Å². The predicted octanol–water partition coefficient (Wildman–Crippen LogP) is 3.74. The zero-order valence-corrected chi connectivity index (χ0v) is 14.9. The maximum Gasteiger partial charge on any atom is 0.259 e. The quantitative estimate of drug-likeness (QED) is 0.541. The summed E-state index contributed by atoms with van der Waals surface area (Å²) >= 11 is 1.27. The Morgan fingerprint density at radius 1 is 1.20 bits per heavy atom. The zero-order chi connectivity index (χ0) is 17.8. The van der Waals surface area contributed by atoms with Crippen molar-refractivity contribution in [1.82, 2.24) is 9.97 Å². The van der Waals surface area contributed by atoms with Gasteiger partial charge in [-0.2, -0.15) is 0 Å². The Morgan fingerprint density at radius 2 is 1.92 bits per heavy atom. The van der Waals surface area contributed by atoms with E-state index in [0.29, 0.717) is 22.5 Å². The van der Waals surface area contributed by atoms with E-state index in [4.69, 9.17) is 0 Å². The summed E-state index contributed by atoms with van der Waals surface area (Å²) in [7, 11) is 0. The first-order valence-electron chi connectivity index (χ1n) is 8.10. The van der Waals surface area contributed by atoms with Gasteiger partial charge in [-0.15, -0.1) is 0 Å². The summed E-state index contributed by atoms with van der Waals surface area (Å²) in [4.78, 5) is 32.0. The molecule has 0 aliphatic heterocycles. The molecule has 25 heavy (non-hydrogen) atoms. The Balaban J connectivity index is 1.81. The van der Waals surface area contributed by atoms with Crippen LogP contribution >= 0.6 is 11.8 Å².